The van der Waals surface area contributed by atoms with E-state index >= 15 is 0 Å². The normalized spacial score (nSPS) is 29.9. The van der Waals surface area contributed by atoms with Gasteiger partial charge in [-0.15, -0.1) is 0 Å². The van der Waals surface area contributed by atoms with Gasteiger partial charge in [-0.3, -0.25) is 9.69 Å². The van der Waals surface area contributed by atoms with Gasteiger partial charge in [0.2, 0.25) is 0 Å². The quantitative estimate of drug-likeness (QED) is 0.704. The third-order valence-corrected chi connectivity index (χ3v) is 4.05. The minimum Gasteiger partial charge on any atom is -0.465 e. The fourth-order valence-electron chi connectivity index (χ4n) is 3.27. The lowest BCUT2D eigenvalue weighted by molar-refractivity contribution is -0.156. The van der Waals surface area contributed by atoms with E-state index in [0.717, 1.165) is 38.8 Å². The number of rotatable bonds is 5. The van der Waals surface area contributed by atoms with Crippen LogP contribution in [0.15, 0.2) is 0 Å². The maximum atomic E-state index is 12.1. The monoisotopic (exact) mass is 255 g/mol. The Kier molecular flexibility index (Phi) is 5.01. The van der Waals surface area contributed by atoms with Crippen LogP contribution in [0.5, 0.6) is 0 Å². The van der Waals surface area contributed by atoms with E-state index in [1.807, 2.05) is 6.92 Å². The van der Waals surface area contributed by atoms with Gasteiger partial charge in [-0.1, -0.05) is 13.3 Å². The minimum atomic E-state index is -0.0653. The second-order valence-corrected chi connectivity index (χ2v) is 5.20. The van der Waals surface area contributed by atoms with Crippen LogP contribution < -0.4 is 0 Å². The molecule has 2 fully saturated rings. The average molecular weight is 255 g/mol. The van der Waals surface area contributed by atoms with Crippen molar-refractivity contribution in [3.8, 4) is 0 Å². The Hall–Kier alpha value is -0.610. The first-order chi connectivity index (χ1) is 8.77. The topological polar surface area (TPSA) is 38.8 Å². The van der Waals surface area contributed by atoms with E-state index in [9.17, 15) is 4.79 Å². The molecule has 0 radical (unpaired) electrons. The lowest BCUT2D eigenvalue weighted by Gasteiger charge is -2.41. The van der Waals surface area contributed by atoms with Crippen LogP contribution in [0.1, 0.15) is 46.0 Å². The summed E-state index contributed by atoms with van der Waals surface area (Å²) >= 11 is 0. The number of esters is 1. The van der Waals surface area contributed by atoms with Crippen LogP contribution >= 0.6 is 0 Å². The molecule has 1 aliphatic carbocycles. The SMILES string of the molecule is CCCC(C(=O)OCC)N1CCOC2CCCC21. The molecule has 3 unspecified atom stereocenters. The summed E-state index contributed by atoms with van der Waals surface area (Å²) in [6.45, 7) is 6.08. The molecule has 1 saturated heterocycles. The Bertz CT molecular complexity index is 282. The maximum absolute atomic E-state index is 12.1. The van der Waals surface area contributed by atoms with Crippen molar-refractivity contribution in [2.24, 2.45) is 0 Å². The van der Waals surface area contributed by atoms with Crippen LogP contribution in [-0.4, -0.2) is 48.8 Å². The highest BCUT2D eigenvalue weighted by atomic mass is 16.5. The van der Waals surface area contributed by atoms with Crippen molar-refractivity contribution < 1.29 is 14.3 Å². The summed E-state index contributed by atoms with van der Waals surface area (Å²) in [6.07, 6.45) is 5.76. The summed E-state index contributed by atoms with van der Waals surface area (Å²) in [6, 6.07) is 0.365. The van der Waals surface area contributed by atoms with Crippen LogP contribution in [0.4, 0.5) is 0 Å². The van der Waals surface area contributed by atoms with Gasteiger partial charge in [-0.2, -0.15) is 0 Å². The number of carbonyl (C=O) groups excluding carboxylic acids is 1. The molecule has 0 aromatic heterocycles. The number of fused-ring (bicyclic) bond motifs is 1. The second-order valence-electron chi connectivity index (χ2n) is 5.20. The first-order valence-electron chi connectivity index (χ1n) is 7.31. The van der Waals surface area contributed by atoms with E-state index < -0.39 is 0 Å². The third kappa shape index (κ3) is 2.86. The van der Waals surface area contributed by atoms with E-state index in [1.165, 1.54) is 6.42 Å². The predicted octanol–water partition coefficient (Wildman–Crippen LogP) is 1.97. The molecule has 0 amide bonds. The van der Waals surface area contributed by atoms with Gasteiger partial charge < -0.3 is 9.47 Å². The molecule has 4 heteroatoms. The lowest BCUT2D eigenvalue weighted by Crippen LogP contribution is -2.55. The lowest BCUT2D eigenvalue weighted by atomic mass is 10.0. The zero-order valence-electron chi connectivity index (χ0n) is 11.6. The Labute approximate surface area is 110 Å². The zero-order valence-corrected chi connectivity index (χ0v) is 11.6. The molecule has 18 heavy (non-hydrogen) atoms. The molecule has 0 bridgehead atoms. The molecular formula is C14H25NO3. The predicted molar refractivity (Wildman–Crippen MR) is 69.4 cm³/mol. The maximum Gasteiger partial charge on any atom is 0.323 e. The molecule has 0 N–H and O–H groups in total. The minimum absolute atomic E-state index is 0.0492. The molecule has 3 atom stereocenters. The summed E-state index contributed by atoms with van der Waals surface area (Å²) in [5, 5.41) is 0. The van der Waals surface area contributed by atoms with Gasteiger partial charge in [0.15, 0.2) is 0 Å². The average Bonchev–Trinajstić information content (AvgIpc) is 2.84. The smallest absolute Gasteiger partial charge is 0.323 e. The highest BCUT2D eigenvalue weighted by Crippen LogP contribution is 2.32. The number of carbonyl (C=O) groups is 1. The van der Waals surface area contributed by atoms with Crippen molar-refractivity contribution in [2.45, 2.75) is 64.1 Å². The van der Waals surface area contributed by atoms with E-state index in [0.29, 0.717) is 18.8 Å². The summed E-state index contributed by atoms with van der Waals surface area (Å²) in [5.41, 5.74) is 0. The van der Waals surface area contributed by atoms with Crippen LogP contribution in [0.25, 0.3) is 0 Å². The van der Waals surface area contributed by atoms with Crippen LogP contribution in [0.3, 0.4) is 0 Å². The van der Waals surface area contributed by atoms with Crippen molar-refractivity contribution in [3.63, 3.8) is 0 Å². The van der Waals surface area contributed by atoms with Crippen LogP contribution in [-0.2, 0) is 14.3 Å². The Morgan fingerprint density at radius 3 is 3.00 bits per heavy atom. The number of morpholine rings is 1. The van der Waals surface area contributed by atoms with E-state index in [-0.39, 0.29) is 12.0 Å². The van der Waals surface area contributed by atoms with Gasteiger partial charge in [-0.25, -0.2) is 0 Å². The molecule has 4 nitrogen and oxygen atoms in total. The van der Waals surface area contributed by atoms with E-state index in [4.69, 9.17) is 9.47 Å². The standard InChI is InChI=1S/C14H25NO3/c1-3-6-12(14(16)17-4-2)15-9-10-18-13-8-5-7-11(13)15/h11-13H,3-10H2,1-2H3. The van der Waals surface area contributed by atoms with E-state index in [1.54, 1.807) is 0 Å². The first-order valence-corrected chi connectivity index (χ1v) is 7.31. The fourth-order valence-corrected chi connectivity index (χ4v) is 3.27. The highest BCUT2D eigenvalue weighted by molar-refractivity contribution is 5.75. The van der Waals surface area contributed by atoms with Gasteiger partial charge in [0.05, 0.1) is 19.3 Å². The Morgan fingerprint density at radius 1 is 1.44 bits per heavy atom. The summed E-state index contributed by atoms with van der Waals surface area (Å²) in [7, 11) is 0. The van der Waals surface area contributed by atoms with Crippen LogP contribution in [0.2, 0.25) is 0 Å². The van der Waals surface area contributed by atoms with Gasteiger partial charge in [0.25, 0.3) is 0 Å². The number of ether oxygens (including phenoxy) is 2. The molecule has 1 heterocycles. The fraction of sp³-hybridized carbons (Fsp3) is 0.929. The van der Waals surface area contributed by atoms with Gasteiger partial charge in [0, 0.05) is 12.6 Å². The largest absolute Gasteiger partial charge is 0.465 e. The molecule has 2 rings (SSSR count). The van der Waals surface area contributed by atoms with Crippen molar-refractivity contribution in [2.75, 3.05) is 19.8 Å². The van der Waals surface area contributed by atoms with Gasteiger partial charge in [-0.05, 0) is 32.6 Å². The molecular weight excluding hydrogens is 230 g/mol. The molecule has 104 valence electrons. The van der Waals surface area contributed by atoms with Crippen molar-refractivity contribution >= 4 is 5.97 Å². The summed E-state index contributed by atoms with van der Waals surface area (Å²) in [4.78, 5) is 14.5. The Balaban J connectivity index is 2.06. The highest BCUT2D eigenvalue weighted by Gasteiger charge is 2.41. The van der Waals surface area contributed by atoms with Gasteiger partial charge >= 0.3 is 5.97 Å². The molecule has 1 saturated carbocycles. The number of nitrogens with zero attached hydrogens (tertiary/aromatic N) is 1. The third-order valence-electron chi connectivity index (χ3n) is 4.05. The first kappa shape index (κ1) is 13.8. The molecule has 1 aliphatic heterocycles. The van der Waals surface area contributed by atoms with Crippen molar-refractivity contribution in [3.05, 3.63) is 0 Å². The van der Waals surface area contributed by atoms with E-state index in [2.05, 4.69) is 11.8 Å². The molecule has 0 aromatic rings. The van der Waals surface area contributed by atoms with Crippen molar-refractivity contribution in [1.82, 2.24) is 4.90 Å². The number of hydrogen-bond acceptors (Lipinski definition) is 4. The Morgan fingerprint density at radius 2 is 2.28 bits per heavy atom. The zero-order chi connectivity index (χ0) is 13.0. The summed E-state index contributed by atoms with van der Waals surface area (Å²) in [5.74, 6) is -0.0492. The van der Waals surface area contributed by atoms with Crippen molar-refractivity contribution in [1.29, 1.82) is 0 Å². The van der Waals surface area contributed by atoms with Crippen LogP contribution in [0, 0.1) is 0 Å². The summed E-state index contributed by atoms with van der Waals surface area (Å²) < 4.78 is 11.0. The molecule has 0 spiro atoms. The molecule has 2 aliphatic rings. The number of hydrogen-bond donors (Lipinski definition) is 0. The molecule has 0 aromatic carbocycles. The second kappa shape index (κ2) is 6.53. The van der Waals surface area contributed by atoms with Gasteiger partial charge in [0.1, 0.15) is 6.04 Å².